The first-order valence-electron chi connectivity index (χ1n) is 9.08. The molecule has 3 rings (SSSR count). The Morgan fingerprint density at radius 2 is 2.27 bits per heavy atom. The Bertz CT molecular complexity index is 993. The van der Waals surface area contributed by atoms with Crippen molar-refractivity contribution in [2.45, 2.75) is 45.3 Å². The predicted molar refractivity (Wildman–Crippen MR) is 105 cm³/mol. The lowest BCUT2D eigenvalue weighted by atomic mass is 10.2. The molecule has 1 aliphatic heterocycles. The van der Waals surface area contributed by atoms with Gasteiger partial charge in [-0.05, 0) is 26.3 Å². The van der Waals surface area contributed by atoms with E-state index in [1.54, 1.807) is 20.8 Å². The number of methoxy groups -OCH3 is 1. The van der Waals surface area contributed by atoms with E-state index in [9.17, 15) is 4.57 Å². The van der Waals surface area contributed by atoms with E-state index in [0.717, 1.165) is 0 Å². The number of phosphoric ester groups is 1. The number of hydrogen-bond acceptors (Lipinski definition) is 11. The number of nitrogen functional groups attached to an aromatic ring is 1. The van der Waals surface area contributed by atoms with Crippen LogP contribution in [-0.4, -0.2) is 58.1 Å². The summed E-state index contributed by atoms with van der Waals surface area (Å²) in [6.45, 7) is 5.00. The summed E-state index contributed by atoms with van der Waals surface area (Å²) < 4.78 is 41.3. The minimum Gasteiger partial charge on any atom is -0.479 e. The molecule has 0 amide bonds. The second-order valence-electron chi connectivity index (χ2n) is 6.67. The Balaban J connectivity index is 1.86. The molecule has 0 spiro atoms. The number of hydrogen-bond donors (Lipinski definition) is 1. The monoisotopic (exact) mass is 442 g/mol. The fourth-order valence-electron chi connectivity index (χ4n) is 2.83. The molecular weight excluding hydrogens is 419 g/mol. The van der Waals surface area contributed by atoms with Gasteiger partial charge in [-0.25, -0.2) is 9.55 Å². The molecule has 1 aliphatic rings. The van der Waals surface area contributed by atoms with Crippen molar-refractivity contribution in [3.8, 4) is 5.88 Å². The van der Waals surface area contributed by atoms with Crippen molar-refractivity contribution >= 4 is 24.9 Å². The maximum atomic E-state index is 12.5. The van der Waals surface area contributed by atoms with Crippen molar-refractivity contribution in [3.05, 3.63) is 16.8 Å². The number of rotatable bonds is 8. The van der Waals surface area contributed by atoms with Gasteiger partial charge in [0.1, 0.15) is 12.3 Å². The maximum Gasteiger partial charge on any atom is 0.475 e. The van der Waals surface area contributed by atoms with E-state index in [0.29, 0.717) is 11.2 Å². The third-order valence-corrected chi connectivity index (χ3v) is 5.83. The number of nitrogens with two attached hydrogens (primary N) is 1. The van der Waals surface area contributed by atoms with E-state index < -0.39 is 26.3 Å². The molecule has 14 nitrogen and oxygen atoms in total. The van der Waals surface area contributed by atoms with Gasteiger partial charge in [0.15, 0.2) is 11.2 Å². The van der Waals surface area contributed by atoms with Gasteiger partial charge in [0, 0.05) is 4.91 Å². The molecule has 0 radical (unpaired) electrons. The smallest absolute Gasteiger partial charge is 0.475 e. The van der Waals surface area contributed by atoms with Gasteiger partial charge in [-0.2, -0.15) is 9.97 Å². The molecule has 1 fully saturated rings. The zero-order valence-electron chi connectivity index (χ0n) is 16.9. The zero-order chi connectivity index (χ0) is 21.9. The molecule has 2 aromatic heterocycles. The molecule has 164 valence electrons. The number of fused-ring (bicyclic) bond motifs is 1. The van der Waals surface area contributed by atoms with Gasteiger partial charge >= 0.3 is 7.82 Å². The molecule has 0 saturated carbocycles. The number of azide groups is 1. The van der Waals surface area contributed by atoms with Gasteiger partial charge in [-0.3, -0.25) is 18.1 Å². The highest BCUT2D eigenvalue weighted by Gasteiger charge is 2.41. The van der Waals surface area contributed by atoms with Crippen molar-refractivity contribution in [1.29, 1.82) is 0 Å². The summed E-state index contributed by atoms with van der Waals surface area (Å²) >= 11 is 0. The van der Waals surface area contributed by atoms with Crippen LogP contribution in [0.4, 0.5) is 5.95 Å². The average molecular weight is 442 g/mol. The third kappa shape index (κ3) is 4.81. The van der Waals surface area contributed by atoms with Gasteiger partial charge in [0.05, 0.1) is 38.8 Å². The summed E-state index contributed by atoms with van der Waals surface area (Å²) in [7, 11) is -2.24. The van der Waals surface area contributed by atoms with Gasteiger partial charge in [-0.1, -0.05) is 5.11 Å². The highest BCUT2D eigenvalue weighted by molar-refractivity contribution is 7.48. The van der Waals surface area contributed by atoms with Gasteiger partial charge < -0.3 is 15.2 Å². The van der Waals surface area contributed by atoms with Crippen LogP contribution in [-0.2, 0) is 22.9 Å². The Morgan fingerprint density at radius 3 is 2.90 bits per heavy atom. The summed E-state index contributed by atoms with van der Waals surface area (Å²) in [5.74, 6) is 0.177. The molecule has 2 N–H and O–H groups in total. The molecule has 30 heavy (non-hydrogen) atoms. The number of imidazole rings is 1. The minimum absolute atomic E-state index is 0.0203. The van der Waals surface area contributed by atoms with Gasteiger partial charge in [-0.15, -0.1) is 0 Å². The number of nitrogens with zero attached hydrogens (tertiary/aromatic N) is 7. The van der Waals surface area contributed by atoms with Crippen LogP contribution < -0.4 is 10.5 Å². The fourth-order valence-corrected chi connectivity index (χ4v) is 4.39. The quantitative estimate of drug-likeness (QED) is 0.276. The van der Waals surface area contributed by atoms with Crippen LogP contribution in [0.1, 0.15) is 27.0 Å². The van der Waals surface area contributed by atoms with Crippen LogP contribution in [0.2, 0.25) is 0 Å². The normalized spacial score (nSPS) is 25.2. The summed E-state index contributed by atoms with van der Waals surface area (Å²) in [4.78, 5) is 15.2. The third-order valence-electron chi connectivity index (χ3n) is 4.10. The first-order valence-corrected chi connectivity index (χ1v) is 10.5. The molecule has 0 aliphatic carbocycles. The highest BCUT2D eigenvalue weighted by Crippen LogP contribution is 2.54. The standard InChI is InChI=1S/C15H23N8O6P/c1-8(2)28-30(24)26-6-10(9(3)29-30)27-11(5-19-22-17)23-7-18-12-13(23)20-15(16)21-14(12)25-4/h7-11H,5-6H2,1-4H3,(H2,16,20,21)/t9-,10+,11?,30?/m0/s1. The second-order valence-corrected chi connectivity index (χ2v) is 8.24. The lowest BCUT2D eigenvalue weighted by Gasteiger charge is -2.35. The van der Waals surface area contributed by atoms with Crippen LogP contribution in [0.5, 0.6) is 5.88 Å². The van der Waals surface area contributed by atoms with E-state index in [2.05, 4.69) is 25.0 Å². The van der Waals surface area contributed by atoms with Crippen LogP contribution >= 0.6 is 7.82 Å². The molecular formula is C15H23N8O6P. The van der Waals surface area contributed by atoms with Crippen LogP contribution in [0.15, 0.2) is 11.4 Å². The van der Waals surface area contributed by atoms with E-state index in [1.807, 2.05) is 0 Å². The SMILES string of the molecule is COc1nc(N)nc2c1ncn2C(CN=[N+]=[N-])O[C@@H]1COP(=O)(OC(C)C)O[C@H]1C. The van der Waals surface area contributed by atoms with Crippen molar-refractivity contribution in [2.24, 2.45) is 5.11 Å². The van der Waals surface area contributed by atoms with E-state index >= 15 is 0 Å². The summed E-state index contributed by atoms with van der Waals surface area (Å²) in [5.41, 5.74) is 15.2. The molecule has 15 heteroatoms. The Hall–Kier alpha value is -2.47. The van der Waals surface area contributed by atoms with E-state index in [-0.39, 0.29) is 31.1 Å². The molecule has 0 aromatic carbocycles. The zero-order valence-corrected chi connectivity index (χ0v) is 17.8. The number of aromatic nitrogens is 4. The summed E-state index contributed by atoms with van der Waals surface area (Å²) in [6.07, 6.45) is -0.981. The highest BCUT2D eigenvalue weighted by atomic mass is 31.2. The summed E-state index contributed by atoms with van der Waals surface area (Å²) in [6, 6.07) is 0. The van der Waals surface area contributed by atoms with Crippen LogP contribution in [0.3, 0.4) is 0 Å². The minimum atomic E-state index is -3.68. The molecule has 1 saturated heterocycles. The van der Waals surface area contributed by atoms with Crippen molar-refractivity contribution in [3.63, 3.8) is 0 Å². The Morgan fingerprint density at radius 1 is 1.50 bits per heavy atom. The number of phosphoric acid groups is 1. The van der Waals surface area contributed by atoms with Gasteiger partial charge in [0.25, 0.3) is 0 Å². The summed E-state index contributed by atoms with van der Waals surface area (Å²) in [5, 5.41) is 3.60. The fraction of sp³-hybridized carbons (Fsp3) is 0.667. The molecule has 0 bridgehead atoms. The van der Waals surface area contributed by atoms with E-state index in [1.165, 1.54) is 18.0 Å². The number of ether oxygens (including phenoxy) is 2. The van der Waals surface area contributed by atoms with Crippen LogP contribution in [0.25, 0.3) is 21.6 Å². The van der Waals surface area contributed by atoms with Gasteiger partial charge in [0.2, 0.25) is 11.8 Å². The molecule has 2 unspecified atom stereocenters. The largest absolute Gasteiger partial charge is 0.479 e. The number of anilines is 1. The molecule has 4 atom stereocenters. The van der Waals surface area contributed by atoms with Crippen molar-refractivity contribution in [1.82, 2.24) is 19.5 Å². The molecule has 2 aromatic rings. The maximum absolute atomic E-state index is 12.5. The van der Waals surface area contributed by atoms with E-state index in [4.69, 9.17) is 34.3 Å². The average Bonchev–Trinajstić information content (AvgIpc) is 3.09. The Kier molecular flexibility index (Phi) is 6.76. The van der Waals surface area contributed by atoms with Crippen molar-refractivity contribution in [2.75, 3.05) is 26.0 Å². The van der Waals surface area contributed by atoms with Crippen molar-refractivity contribution < 1.29 is 27.6 Å². The second kappa shape index (κ2) is 9.13. The topological polar surface area (TPSA) is 182 Å². The predicted octanol–water partition coefficient (Wildman–Crippen LogP) is 2.58. The first kappa shape index (κ1) is 22.2. The Labute approximate surface area is 171 Å². The van der Waals surface area contributed by atoms with Crippen LogP contribution in [0, 0.1) is 0 Å². The lowest BCUT2D eigenvalue weighted by molar-refractivity contribution is -0.135. The first-order chi connectivity index (χ1) is 14.3. The lowest BCUT2D eigenvalue weighted by Crippen LogP contribution is -2.39. The molecule has 3 heterocycles.